The number of nitrogens with one attached hydrogen (secondary N) is 2. The van der Waals surface area contributed by atoms with Gasteiger partial charge >= 0.3 is 5.97 Å². The zero-order valence-electron chi connectivity index (χ0n) is 13.6. The molecule has 1 aromatic heterocycles. The summed E-state index contributed by atoms with van der Waals surface area (Å²) >= 11 is 0. The first-order valence-corrected chi connectivity index (χ1v) is 7.45. The number of esters is 1. The van der Waals surface area contributed by atoms with Gasteiger partial charge in [0.05, 0.1) is 18.5 Å². The molecule has 0 bridgehead atoms. The summed E-state index contributed by atoms with van der Waals surface area (Å²) in [7, 11) is 0. The molecule has 0 aliphatic rings. The summed E-state index contributed by atoms with van der Waals surface area (Å²) < 4.78 is 48.9. The molecule has 142 valence electrons. The molecule has 7 nitrogen and oxygen atoms in total. The van der Waals surface area contributed by atoms with Crippen LogP contribution in [0.3, 0.4) is 0 Å². The fraction of sp³-hybridized carbons (Fsp3) is 0.118. The summed E-state index contributed by atoms with van der Waals surface area (Å²) in [6.45, 7) is -1.26. The Labute approximate surface area is 150 Å². The maximum absolute atomic E-state index is 13.4. The second-order valence-corrected chi connectivity index (χ2v) is 5.00. The Morgan fingerprint density at radius 2 is 1.85 bits per heavy atom. The highest BCUT2D eigenvalue weighted by molar-refractivity contribution is 5.95. The maximum atomic E-state index is 13.4. The minimum absolute atomic E-state index is 0.414. The van der Waals surface area contributed by atoms with Crippen molar-refractivity contribution < 1.29 is 36.7 Å². The predicted molar refractivity (Wildman–Crippen MR) is 86.7 cm³/mol. The molecule has 0 aliphatic heterocycles. The second kappa shape index (κ2) is 9.22. The number of hydrogen-bond acceptors (Lipinski definition) is 5. The molecule has 1 heterocycles. The van der Waals surface area contributed by atoms with E-state index < -0.39 is 54.1 Å². The van der Waals surface area contributed by atoms with Crippen LogP contribution in [0.15, 0.2) is 41.0 Å². The third kappa shape index (κ3) is 6.03. The van der Waals surface area contributed by atoms with Crippen molar-refractivity contribution in [3.8, 4) is 0 Å². The van der Waals surface area contributed by atoms with Gasteiger partial charge in [0.1, 0.15) is 5.76 Å². The van der Waals surface area contributed by atoms with Gasteiger partial charge in [0, 0.05) is 6.08 Å². The first-order valence-electron chi connectivity index (χ1n) is 7.45. The van der Waals surface area contributed by atoms with Gasteiger partial charge in [0.2, 0.25) is 5.91 Å². The van der Waals surface area contributed by atoms with Gasteiger partial charge in [-0.3, -0.25) is 9.59 Å². The topological polar surface area (TPSA) is 97.6 Å². The number of anilines is 1. The monoisotopic (exact) mass is 382 g/mol. The highest BCUT2D eigenvalue weighted by Gasteiger charge is 2.15. The smallest absolute Gasteiger partial charge is 0.331 e. The zero-order chi connectivity index (χ0) is 19.8. The Morgan fingerprint density at radius 1 is 1.07 bits per heavy atom. The molecule has 0 aliphatic carbocycles. The van der Waals surface area contributed by atoms with Gasteiger partial charge in [-0.05, 0) is 30.3 Å². The Kier molecular flexibility index (Phi) is 6.75. The van der Waals surface area contributed by atoms with Crippen molar-refractivity contribution in [3.63, 3.8) is 0 Å². The molecule has 0 unspecified atom stereocenters. The van der Waals surface area contributed by atoms with E-state index in [9.17, 15) is 27.6 Å². The Morgan fingerprint density at radius 3 is 2.56 bits per heavy atom. The average molecular weight is 382 g/mol. The van der Waals surface area contributed by atoms with Crippen molar-refractivity contribution in [2.45, 2.75) is 0 Å². The largest absolute Gasteiger partial charge is 0.465 e. The summed E-state index contributed by atoms with van der Waals surface area (Å²) in [5, 5.41) is 4.08. The lowest BCUT2D eigenvalue weighted by molar-refractivity contribution is -0.143. The number of ether oxygens (including phenoxy) is 1. The van der Waals surface area contributed by atoms with Crippen molar-refractivity contribution in [2.24, 2.45) is 0 Å². The van der Waals surface area contributed by atoms with Crippen molar-refractivity contribution in [2.75, 3.05) is 18.5 Å². The molecule has 10 heteroatoms. The predicted octanol–water partition coefficient (Wildman–Crippen LogP) is 2.01. The van der Waals surface area contributed by atoms with E-state index in [2.05, 4.69) is 10.1 Å². The van der Waals surface area contributed by atoms with E-state index in [1.54, 1.807) is 12.1 Å². The Hall–Kier alpha value is -3.56. The van der Waals surface area contributed by atoms with Crippen LogP contribution in [-0.2, 0) is 19.1 Å². The molecule has 2 amide bonds. The van der Waals surface area contributed by atoms with E-state index in [1.807, 2.05) is 5.32 Å². The van der Waals surface area contributed by atoms with Crippen molar-refractivity contribution in [3.05, 3.63) is 59.8 Å². The molecule has 2 rings (SSSR count). The fourth-order valence-corrected chi connectivity index (χ4v) is 1.77. The lowest BCUT2D eigenvalue weighted by atomic mass is 10.2. The molecule has 0 spiro atoms. The van der Waals surface area contributed by atoms with Gasteiger partial charge in [0.15, 0.2) is 24.1 Å². The van der Waals surface area contributed by atoms with Crippen LogP contribution in [0.4, 0.5) is 18.9 Å². The third-order valence-corrected chi connectivity index (χ3v) is 3.03. The zero-order valence-corrected chi connectivity index (χ0v) is 13.6. The lowest BCUT2D eigenvalue weighted by Gasteiger charge is -2.08. The summed E-state index contributed by atoms with van der Waals surface area (Å²) in [4.78, 5) is 34.5. The molecule has 0 radical (unpaired) electrons. The van der Waals surface area contributed by atoms with Crippen LogP contribution in [0.2, 0.25) is 0 Å². The quantitative estimate of drug-likeness (QED) is 0.434. The molecule has 2 N–H and O–H groups in total. The van der Waals surface area contributed by atoms with Gasteiger partial charge in [-0.1, -0.05) is 0 Å². The minimum Gasteiger partial charge on any atom is -0.465 e. The van der Waals surface area contributed by atoms with Crippen molar-refractivity contribution >= 4 is 29.5 Å². The van der Waals surface area contributed by atoms with Gasteiger partial charge in [0.25, 0.3) is 5.91 Å². The number of carbonyl (C=O) groups is 3. The number of hydrogen-bond donors (Lipinski definition) is 2. The average Bonchev–Trinajstić information content (AvgIpc) is 3.17. The number of benzene rings is 1. The number of furan rings is 1. The first kappa shape index (κ1) is 19.8. The molecule has 0 saturated heterocycles. The van der Waals surface area contributed by atoms with Crippen LogP contribution in [0.1, 0.15) is 5.76 Å². The molecule has 1 aromatic carbocycles. The third-order valence-electron chi connectivity index (χ3n) is 3.03. The number of halogens is 3. The summed E-state index contributed by atoms with van der Waals surface area (Å²) in [6, 6.07) is 4.70. The van der Waals surface area contributed by atoms with E-state index in [-0.39, 0.29) is 0 Å². The van der Waals surface area contributed by atoms with E-state index in [0.29, 0.717) is 11.8 Å². The first-order chi connectivity index (χ1) is 12.9. The van der Waals surface area contributed by atoms with Crippen LogP contribution < -0.4 is 10.6 Å². The van der Waals surface area contributed by atoms with Gasteiger partial charge in [-0.25, -0.2) is 18.0 Å². The molecule has 0 atom stereocenters. The van der Waals surface area contributed by atoms with Crippen molar-refractivity contribution in [1.82, 2.24) is 5.32 Å². The highest BCUT2D eigenvalue weighted by atomic mass is 19.2. The molecule has 0 saturated carbocycles. The summed E-state index contributed by atoms with van der Waals surface area (Å²) in [6.07, 6.45) is 3.80. The van der Waals surface area contributed by atoms with Crippen LogP contribution >= 0.6 is 0 Å². The molecule has 2 aromatic rings. The fourth-order valence-electron chi connectivity index (χ4n) is 1.77. The standard InChI is InChI=1S/C17H13F3N2O5/c18-11-4-5-12(17(20)16(11)19)22-13(23)8-21-14(24)9-27-15(25)6-3-10-2-1-7-26-10/h1-7H,8-9H2,(H,21,24)(H,22,23)/b6-3+. The highest BCUT2D eigenvalue weighted by Crippen LogP contribution is 2.19. The molecular weight excluding hydrogens is 369 g/mol. The SMILES string of the molecule is O=C(COC(=O)/C=C/c1ccco1)NCC(=O)Nc1ccc(F)c(F)c1F. The molecule has 0 fully saturated rings. The van der Waals surface area contributed by atoms with E-state index in [4.69, 9.17) is 4.42 Å². The van der Waals surface area contributed by atoms with Gasteiger partial charge < -0.3 is 19.8 Å². The van der Waals surface area contributed by atoms with Crippen LogP contribution in [-0.4, -0.2) is 30.9 Å². The normalized spacial score (nSPS) is 10.6. The van der Waals surface area contributed by atoms with E-state index in [1.165, 1.54) is 12.3 Å². The summed E-state index contributed by atoms with van der Waals surface area (Å²) in [5.74, 6) is -6.78. The Bertz CT molecular complexity index is 866. The van der Waals surface area contributed by atoms with Gasteiger partial charge in [-0.15, -0.1) is 0 Å². The number of carbonyl (C=O) groups excluding carboxylic acids is 3. The van der Waals surface area contributed by atoms with E-state index in [0.717, 1.165) is 12.1 Å². The number of rotatable bonds is 7. The van der Waals surface area contributed by atoms with Crippen molar-refractivity contribution in [1.29, 1.82) is 0 Å². The second-order valence-electron chi connectivity index (χ2n) is 5.00. The minimum atomic E-state index is -1.73. The Balaban J connectivity index is 1.72. The van der Waals surface area contributed by atoms with Crippen LogP contribution in [0.25, 0.3) is 6.08 Å². The lowest BCUT2D eigenvalue weighted by Crippen LogP contribution is -2.35. The van der Waals surface area contributed by atoms with E-state index >= 15 is 0 Å². The molecular formula is C17H13F3N2O5. The maximum Gasteiger partial charge on any atom is 0.331 e. The molecule has 27 heavy (non-hydrogen) atoms. The van der Waals surface area contributed by atoms with Crippen LogP contribution in [0.5, 0.6) is 0 Å². The summed E-state index contributed by atoms with van der Waals surface area (Å²) in [5.41, 5.74) is -0.581. The van der Waals surface area contributed by atoms with Crippen LogP contribution in [0, 0.1) is 17.5 Å². The number of amides is 2. The van der Waals surface area contributed by atoms with Gasteiger partial charge in [-0.2, -0.15) is 0 Å².